The molecule has 142 valence electrons. The van der Waals surface area contributed by atoms with Gasteiger partial charge in [-0.1, -0.05) is 44.2 Å². The molecule has 1 aliphatic heterocycles. The molecule has 0 bridgehead atoms. The highest BCUT2D eigenvalue weighted by Crippen LogP contribution is 2.24. The summed E-state index contributed by atoms with van der Waals surface area (Å²) in [5.41, 5.74) is 0.199. The fourth-order valence-corrected chi connectivity index (χ4v) is 2.78. The van der Waals surface area contributed by atoms with Crippen molar-refractivity contribution in [2.75, 3.05) is 0 Å². The summed E-state index contributed by atoms with van der Waals surface area (Å²) < 4.78 is 10.1. The standard InChI is InChI=1S/C19H26N2O5/c1-12(2)14(20-17(23)26-19(3,4)5)15-16(22)25-18(24)21(15)11-13-9-7-6-8-10-13/h6-10,12,14-15H,11H2,1-5H3,(H,20,23)/t14-,15+/m0/s1. The Kier molecular flexibility index (Phi) is 5.90. The van der Waals surface area contributed by atoms with E-state index < -0.39 is 35.8 Å². The highest BCUT2D eigenvalue weighted by atomic mass is 16.6. The first kappa shape index (κ1) is 19.8. The molecule has 1 fully saturated rings. The second-order valence-corrected chi connectivity index (χ2v) is 7.66. The normalized spacial score (nSPS) is 18.7. The third-order valence-electron chi connectivity index (χ3n) is 3.94. The molecule has 26 heavy (non-hydrogen) atoms. The minimum Gasteiger partial charge on any atom is -0.444 e. The fraction of sp³-hybridized carbons (Fsp3) is 0.526. The predicted molar refractivity (Wildman–Crippen MR) is 95.3 cm³/mol. The number of ether oxygens (including phenoxy) is 2. The van der Waals surface area contributed by atoms with E-state index in [1.165, 1.54) is 4.90 Å². The molecule has 1 heterocycles. The van der Waals surface area contributed by atoms with Crippen molar-refractivity contribution in [3.8, 4) is 0 Å². The smallest absolute Gasteiger partial charge is 0.418 e. The number of benzene rings is 1. The van der Waals surface area contributed by atoms with Gasteiger partial charge in [0, 0.05) is 0 Å². The predicted octanol–water partition coefficient (Wildman–Crippen LogP) is 3.08. The largest absolute Gasteiger partial charge is 0.444 e. The Morgan fingerprint density at radius 1 is 1.23 bits per heavy atom. The lowest BCUT2D eigenvalue weighted by Crippen LogP contribution is -2.55. The van der Waals surface area contributed by atoms with Crippen LogP contribution in [0.4, 0.5) is 9.59 Å². The minimum atomic E-state index is -0.907. The van der Waals surface area contributed by atoms with Crippen LogP contribution in [0.1, 0.15) is 40.2 Å². The zero-order chi connectivity index (χ0) is 19.5. The average Bonchev–Trinajstić information content (AvgIpc) is 2.78. The number of rotatable bonds is 5. The third-order valence-corrected chi connectivity index (χ3v) is 3.94. The molecule has 2 rings (SSSR count). The van der Waals surface area contributed by atoms with E-state index in [0.717, 1.165) is 5.56 Å². The molecule has 1 aromatic carbocycles. The molecule has 7 nitrogen and oxygen atoms in total. The van der Waals surface area contributed by atoms with Crippen LogP contribution >= 0.6 is 0 Å². The van der Waals surface area contributed by atoms with E-state index in [1.807, 2.05) is 44.2 Å². The molecular formula is C19H26N2O5. The van der Waals surface area contributed by atoms with Crippen molar-refractivity contribution < 1.29 is 23.9 Å². The van der Waals surface area contributed by atoms with Gasteiger partial charge in [-0.05, 0) is 32.3 Å². The molecule has 1 aromatic rings. The molecule has 0 saturated carbocycles. The maximum atomic E-state index is 12.3. The quantitative estimate of drug-likeness (QED) is 0.643. The fourth-order valence-electron chi connectivity index (χ4n) is 2.78. The Labute approximate surface area is 153 Å². The number of hydrogen-bond acceptors (Lipinski definition) is 5. The van der Waals surface area contributed by atoms with Gasteiger partial charge in [-0.25, -0.2) is 14.4 Å². The van der Waals surface area contributed by atoms with Crippen LogP contribution in [-0.2, 0) is 20.8 Å². The van der Waals surface area contributed by atoms with Crippen LogP contribution in [0.2, 0.25) is 0 Å². The van der Waals surface area contributed by atoms with Crippen LogP contribution in [-0.4, -0.2) is 40.7 Å². The third kappa shape index (κ3) is 4.97. The number of nitrogens with zero attached hydrogens (tertiary/aromatic N) is 1. The van der Waals surface area contributed by atoms with Crippen LogP contribution in [0.3, 0.4) is 0 Å². The van der Waals surface area contributed by atoms with E-state index in [0.29, 0.717) is 0 Å². The highest BCUT2D eigenvalue weighted by molar-refractivity contribution is 5.96. The van der Waals surface area contributed by atoms with E-state index in [1.54, 1.807) is 20.8 Å². The Hall–Kier alpha value is -2.57. The zero-order valence-electron chi connectivity index (χ0n) is 15.8. The average molecular weight is 362 g/mol. The van der Waals surface area contributed by atoms with Crippen LogP contribution in [0, 0.1) is 5.92 Å². The van der Waals surface area contributed by atoms with Crippen LogP contribution in [0.5, 0.6) is 0 Å². The summed E-state index contributed by atoms with van der Waals surface area (Å²) in [4.78, 5) is 38.0. The van der Waals surface area contributed by atoms with Gasteiger partial charge in [0.15, 0.2) is 6.04 Å². The monoisotopic (exact) mass is 362 g/mol. The van der Waals surface area contributed by atoms with Gasteiger partial charge < -0.3 is 14.8 Å². The number of amides is 2. The second-order valence-electron chi connectivity index (χ2n) is 7.66. The molecule has 0 aromatic heterocycles. The maximum absolute atomic E-state index is 12.3. The molecular weight excluding hydrogens is 336 g/mol. The van der Waals surface area contributed by atoms with Gasteiger partial charge in [-0.3, -0.25) is 4.90 Å². The SMILES string of the molecule is CC(C)[C@H](NC(=O)OC(C)(C)C)[C@@H]1C(=O)OC(=O)N1Cc1ccccc1. The van der Waals surface area contributed by atoms with E-state index >= 15 is 0 Å². The molecule has 1 aliphatic rings. The zero-order valence-corrected chi connectivity index (χ0v) is 15.8. The van der Waals surface area contributed by atoms with Gasteiger partial charge in [0.05, 0.1) is 12.6 Å². The highest BCUT2D eigenvalue weighted by Gasteiger charge is 2.47. The molecule has 1 saturated heterocycles. The topological polar surface area (TPSA) is 84.9 Å². The van der Waals surface area contributed by atoms with Gasteiger partial charge in [-0.2, -0.15) is 0 Å². The van der Waals surface area contributed by atoms with Gasteiger partial charge >= 0.3 is 18.2 Å². The van der Waals surface area contributed by atoms with Crippen LogP contribution in [0.25, 0.3) is 0 Å². The van der Waals surface area contributed by atoms with Crippen molar-refractivity contribution in [3.63, 3.8) is 0 Å². The van der Waals surface area contributed by atoms with Crippen LogP contribution < -0.4 is 5.32 Å². The molecule has 7 heteroatoms. The Bertz CT molecular complexity index is 666. The minimum absolute atomic E-state index is 0.121. The number of carbonyl (C=O) groups excluding carboxylic acids is 3. The lowest BCUT2D eigenvalue weighted by Gasteiger charge is -2.31. The van der Waals surface area contributed by atoms with E-state index in [9.17, 15) is 14.4 Å². The van der Waals surface area contributed by atoms with E-state index in [4.69, 9.17) is 9.47 Å². The van der Waals surface area contributed by atoms with Crippen molar-refractivity contribution in [2.24, 2.45) is 5.92 Å². The lowest BCUT2D eigenvalue weighted by molar-refractivity contribution is -0.136. The van der Waals surface area contributed by atoms with Crippen molar-refractivity contribution in [2.45, 2.75) is 58.8 Å². The summed E-state index contributed by atoms with van der Waals surface area (Å²) in [6, 6.07) is 7.76. The number of hydrogen-bond donors (Lipinski definition) is 1. The molecule has 1 N–H and O–H groups in total. The van der Waals surface area contributed by atoms with Crippen molar-refractivity contribution in [1.82, 2.24) is 10.2 Å². The lowest BCUT2D eigenvalue weighted by atomic mass is 9.95. The van der Waals surface area contributed by atoms with Crippen molar-refractivity contribution in [1.29, 1.82) is 0 Å². The maximum Gasteiger partial charge on any atom is 0.418 e. The summed E-state index contributed by atoms with van der Waals surface area (Å²) in [5, 5.41) is 2.73. The van der Waals surface area contributed by atoms with Crippen LogP contribution in [0.15, 0.2) is 30.3 Å². The summed E-state index contributed by atoms with van der Waals surface area (Å²) in [7, 11) is 0. The molecule has 0 spiro atoms. The summed E-state index contributed by atoms with van der Waals surface area (Å²) in [6.07, 6.45) is -1.34. The number of alkyl carbamates (subject to hydrolysis) is 1. The number of esters is 1. The molecule has 0 unspecified atom stereocenters. The molecule has 0 aliphatic carbocycles. The Morgan fingerprint density at radius 2 is 1.85 bits per heavy atom. The first-order valence-electron chi connectivity index (χ1n) is 8.64. The first-order chi connectivity index (χ1) is 12.1. The molecule has 0 radical (unpaired) electrons. The van der Waals surface area contributed by atoms with Gasteiger partial charge in [-0.15, -0.1) is 0 Å². The molecule has 2 amide bonds. The summed E-state index contributed by atoms with van der Waals surface area (Å²) in [5.74, 6) is -0.787. The van der Waals surface area contributed by atoms with Gasteiger partial charge in [0.1, 0.15) is 5.60 Å². The summed E-state index contributed by atoms with van der Waals surface area (Å²) in [6.45, 7) is 9.21. The Balaban J connectivity index is 2.22. The number of nitrogens with one attached hydrogen (secondary N) is 1. The van der Waals surface area contributed by atoms with E-state index in [-0.39, 0.29) is 12.5 Å². The summed E-state index contributed by atoms with van der Waals surface area (Å²) >= 11 is 0. The molecule has 2 atom stereocenters. The van der Waals surface area contributed by atoms with E-state index in [2.05, 4.69) is 5.32 Å². The second kappa shape index (κ2) is 7.76. The van der Waals surface area contributed by atoms with Crippen molar-refractivity contribution >= 4 is 18.2 Å². The van der Waals surface area contributed by atoms with Gasteiger partial charge in [0.25, 0.3) is 0 Å². The number of cyclic esters (lactones) is 2. The van der Waals surface area contributed by atoms with Gasteiger partial charge in [0.2, 0.25) is 0 Å². The van der Waals surface area contributed by atoms with Crippen molar-refractivity contribution in [3.05, 3.63) is 35.9 Å². The first-order valence-corrected chi connectivity index (χ1v) is 8.64. The Morgan fingerprint density at radius 3 is 2.38 bits per heavy atom. The number of carbonyl (C=O) groups is 3.